The monoisotopic (exact) mass is 281 g/mol. The van der Waals surface area contributed by atoms with Gasteiger partial charge in [0.1, 0.15) is 0 Å². The van der Waals surface area contributed by atoms with E-state index >= 15 is 0 Å². The lowest BCUT2D eigenvalue weighted by Gasteiger charge is -2.02. The predicted octanol–water partition coefficient (Wildman–Crippen LogP) is 1.02. The van der Waals surface area contributed by atoms with Crippen molar-refractivity contribution in [1.82, 2.24) is 15.4 Å². The van der Waals surface area contributed by atoms with Crippen molar-refractivity contribution in [3.63, 3.8) is 0 Å². The van der Waals surface area contributed by atoms with Crippen molar-refractivity contribution in [2.75, 3.05) is 5.73 Å². The van der Waals surface area contributed by atoms with Crippen LogP contribution in [0.1, 0.15) is 15.5 Å². The third-order valence-electron chi connectivity index (χ3n) is 2.06. The molecule has 5 N–H and O–H groups in total. The van der Waals surface area contributed by atoms with E-state index in [0.717, 1.165) is 10.6 Å². The number of thioether (sulfide) groups is 1. The number of rotatable bonds is 4. The highest BCUT2D eigenvalue weighted by Crippen LogP contribution is 2.27. The van der Waals surface area contributed by atoms with Gasteiger partial charge in [-0.3, -0.25) is 15.2 Å². The molecule has 0 fully saturated rings. The molecule has 0 saturated carbocycles. The largest absolute Gasteiger partial charge is 0.397 e. The molecular weight excluding hydrogens is 270 g/mol. The van der Waals surface area contributed by atoms with Crippen molar-refractivity contribution in [3.8, 4) is 0 Å². The fourth-order valence-electron chi connectivity index (χ4n) is 1.22. The summed E-state index contributed by atoms with van der Waals surface area (Å²) >= 11 is 2.81. The van der Waals surface area contributed by atoms with Gasteiger partial charge in [0, 0.05) is 22.2 Å². The molecule has 0 atom stereocenters. The standard InChI is InChI=1S/C10H11N5OS2/c11-7-3-13-2-1-8(7)17-4-6-5-18-10(14-6)9(16)15-12/h1-3,5H,4,11-12H2,(H,15,16). The van der Waals surface area contributed by atoms with Crippen molar-refractivity contribution >= 4 is 34.7 Å². The van der Waals surface area contributed by atoms with Gasteiger partial charge in [-0.25, -0.2) is 10.8 Å². The Balaban J connectivity index is 2.01. The van der Waals surface area contributed by atoms with Crippen molar-refractivity contribution in [1.29, 1.82) is 0 Å². The summed E-state index contributed by atoms with van der Waals surface area (Å²) in [4.78, 5) is 20.3. The Labute approximate surface area is 112 Å². The average molecular weight is 281 g/mol. The summed E-state index contributed by atoms with van der Waals surface area (Å²) in [7, 11) is 0. The van der Waals surface area contributed by atoms with Crippen molar-refractivity contribution < 1.29 is 4.79 Å². The Morgan fingerprint density at radius 3 is 3.11 bits per heavy atom. The first-order valence-corrected chi connectivity index (χ1v) is 6.85. The number of carbonyl (C=O) groups excluding carboxylic acids is 1. The third kappa shape index (κ3) is 2.97. The molecule has 1 amide bonds. The zero-order chi connectivity index (χ0) is 13.0. The maximum absolute atomic E-state index is 11.2. The van der Waals surface area contributed by atoms with Crippen LogP contribution in [0.5, 0.6) is 0 Å². The summed E-state index contributed by atoms with van der Waals surface area (Å²) in [6.45, 7) is 0. The van der Waals surface area contributed by atoms with E-state index in [1.807, 2.05) is 11.4 Å². The number of nitrogens with zero attached hydrogens (tertiary/aromatic N) is 2. The minimum absolute atomic E-state index is 0.357. The van der Waals surface area contributed by atoms with Gasteiger partial charge in [-0.15, -0.1) is 23.1 Å². The molecule has 2 heterocycles. The second kappa shape index (κ2) is 5.80. The number of hydrazine groups is 1. The Kier molecular flexibility index (Phi) is 4.13. The van der Waals surface area contributed by atoms with Crippen LogP contribution in [0.3, 0.4) is 0 Å². The van der Waals surface area contributed by atoms with Crippen LogP contribution in [-0.2, 0) is 5.75 Å². The van der Waals surface area contributed by atoms with Gasteiger partial charge in [0.2, 0.25) is 0 Å². The number of anilines is 1. The van der Waals surface area contributed by atoms with Crippen LogP contribution in [0, 0.1) is 0 Å². The number of amides is 1. The zero-order valence-corrected chi connectivity index (χ0v) is 10.9. The summed E-state index contributed by atoms with van der Waals surface area (Å²) in [6, 6.07) is 1.85. The molecule has 0 aromatic carbocycles. The second-order valence-electron chi connectivity index (χ2n) is 3.32. The molecule has 0 spiro atoms. The van der Waals surface area contributed by atoms with Gasteiger partial charge >= 0.3 is 0 Å². The number of nitrogens with one attached hydrogen (secondary N) is 1. The minimum Gasteiger partial charge on any atom is -0.397 e. The lowest BCUT2D eigenvalue weighted by Crippen LogP contribution is -2.29. The highest BCUT2D eigenvalue weighted by Gasteiger charge is 2.10. The van der Waals surface area contributed by atoms with E-state index in [-0.39, 0.29) is 5.91 Å². The molecular formula is C10H11N5OS2. The van der Waals surface area contributed by atoms with Crippen LogP contribution in [0.25, 0.3) is 0 Å². The average Bonchev–Trinajstić information content (AvgIpc) is 2.86. The normalized spacial score (nSPS) is 10.3. The zero-order valence-electron chi connectivity index (χ0n) is 9.29. The summed E-state index contributed by atoms with van der Waals surface area (Å²) in [5.41, 5.74) is 9.29. The molecule has 0 aliphatic heterocycles. The highest BCUT2D eigenvalue weighted by molar-refractivity contribution is 7.98. The maximum atomic E-state index is 11.2. The number of aromatic nitrogens is 2. The number of nitrogen functional groups attached to an aromatic ring is 2. The van der Waals surface area contributed by atoms with Gasteiger partial charge in [0.05, 0.1) is 17.6 Å². The molecule has 94 valence electrons. The first kappa shape index (κ1) is 12.8. The number of hydrogen-bond donors (Lipinski definition) is 3. The minimum atomic E-state index is -0.375. The Morgan fingerprint density at radius 1 is 1.56 bits per heavy atom. The fraction of sp³-hybridized carbons (Fsp3) is 0.100. The predicted molar refractivity (Wildman–Crippen MR) is 72.0 cm³/mol. The van der Waals surface area contributed by atoms with Crippen LogP contribution < -0.4 is 17.0 Å². The molecule has 8 heteroatoms. The van der Waals surface area contributed by atoms with Crippen molar-refractivity contribution in [2.24, 2.45) is 5.84 Å². The smallest absolute Gasteiger partial charge is 0.294 e. The van der Waals surface area contributed by atoms with Gasteiger partial charge in [-0.2, -0.15) is 0 Å². The van der Waals surface area contributed by atoms with Crippen LogP contribution in [0.2, 0.25) is 0 Å². The highest BCUT2D eigenvalue weighted by atomic mass is 32.2. The lowest BCUT2D eigenvalue weighted by molar-refractivity contribution is 0.0953. The van der Waals surface area contributed by atoms with Crippen LogP contribution in [-0.4, -0.2) is 15.9 Å². The Morgan fingerprint density at radius 2 is 2.39 bits per heavy atom. The molecule has 0 radical (unpaired) electrons. The van der Waals surface area contributed by atoms with E-state index in [9.17, 15) is 4.79 Å². The molecule has 0 aliphatic rings. The van der Waals surface area contributed by atoms with E-state index < -0.39 is 0 Å². The molecule has 2 rings (SSSR count). The van der Waals surface area contributed by atoms with E-state index in [4.69, 9.17) is 11.6 Å². The topological polar surface area (TPSA) is 107 Å². The number of nitrogens with two attached hydrogens (primary N) is 2. The molecule has 0 saturated heterocycles. The molecule has 2 aromatic heterocycles. The van der Waals surface area contributed by atoms with E-state index in [1.165, 1.54) is 11.3 Å². The van der Waals surface area contributed by atoms with Gasteiger partial charge in [0.15, 0.2) is 5.01 Å². The summed E-state index contributed by atoms with van der Waals surface area (Å²) in [6.07, 6.45) is 3.30. The van der Waals surface area contributed by atoms with Crippen LogP contribution >= 0.6 is 23.1 Å². The van der Waals surface area contributed by atoms with Gasteiger partial charge in [-0.05, 0) is 6.07 Å². The third-order valence-corrected chi connectivity index (χ3v) is 4.08. The van der Waals surface area contributed by atoms with Gasteiger partial charge in [-0.1, -0.05) is 0 Å². The lowest BCUT2D eigenvalue weighted by atomic mass is 10.4. The molecule has 0 unspecified atom stereocenters. The summed E-state index contributed by atoms with van der Waals surface area (Å²) < 4.78 is 0. The maximum Gasteiger partial charge on any atom is 0.294 e. The number of thiazole rings is 1. The van der Waals surface area contributed by atoms with Gasteiger partial charge in [0.25, 0.3) is 5.91 Å². The number of carbonyl (C=O) groups is 1. The molecule has 0 aliphatic carbocycles. The summed E-state index contributed by atoms with van der Waals surface area (Å²) in [5.74, 6) is 5.30. The molecule has 2 aromatic rings. The van der Waals surface area contributed by atoms with Crippen molar-refractivity contribution in [3.05, 3.63) is 34.5 Å². The Bertz CT molecular complexity index is 557. The van der Waals surface area contributed by atoms with Crippen molar-refractivity contribution in [2.45, 2.75) is 10.6 Å². The van der Waals surface area contributed by atoms with E-state index in [2.05, 4.69) is 15.4 Å². The van der Waals surface area contributed by atoms with E-state index in [1.54, 1.807) is 24.2 Å². The number of hydrogen-bond acceptors (Lipinski definition) is 7. The molecule has 18 heavy (non-hydrogen) atoms. The fourth-order valence-corrected chi connectivity index (χ4v) is 2.87. The van der Waals surface area contributed by atoms with E-state index in [0.29, 0.717) is 16.4 Å². The first-order valence-electron chi connectivity index (χ1n) is 4.98. The van der Waals surface area contributed by atoms with Crippen LogP contribution in [0.4, 0.5) is 5.69 Å². The molecule has 0 bridgehead atoms. The second-order valence-corrected chi connectivity index (χ2v) is 5.19. The van der Waals surface area contributed by atoms with Crippen LogP contribution in [0.15, 0.2) is 28.7 Å². The first-order chi connectivity index (χ1) is 8.70. The molecule has 6 nitrogen and oxygen atoms in total. The number of pyridine rings is 1. The Hall–Kier alpha value is -1.64. The van der Waals surface area contributed by atoms with Gasteiger partial charge < -0.3 is 5.73 Å². The quantitative estimate of drug-likeness (QED) is 0.334. The SMILES string of the molecule is NNC(=O)c1nc(CSc2ccncc2N)cs1. The summed E-state index contributed by atoms with van der Waals surface area (Å²) in [5, 5.41) is 2.19.